The molecular weight excluding hydrogens is 431 g/mol. The molecular formula is C27H21FN4O2. The van der Waals surface area contributed by atoms with E-state index in [1.807, 2.05) is 31.2 Å². The van der Waals surface area contributed by atoms with E-state index in [0.29, 0.717) is 28.2 Å². The molecule has 5 aromatic rings. The van der Waals surface area contributed by atoms with Crippen LogP contribution in [0.4, 0.5) is 10.1 Å². The van der Waals surface area contributed by atoms with Crippen LogP contribution in [0.2, 0.25) is 0 Å². The van der Waals surface area contributed by atoms with Gasteiger partial charge in [-0.3, -0.25) is 4.79 Å². The highest BCUT2D eigenvalue weighted by Crippen LogP contribution is 2.29. The number of anilines is 1. The third kappa shape index (κ3) is 3.99. The number of carbonyl (C=O) groups excluding carboxylic acids is 1. The van der Waals surface area contributed by atoms with Crippen molar-refractivity contribution in [2.24, 2.45) is 0 Å². The van der Waals surface area contributed by atoms with Gasteiger partial charge in [-0.25, -0.2) is 14.1 Å². The zero-order valence-electron chi connectivity index (χ0n) is 18.6. The molecule has 1 N–H and O–H groups in total. The Hall–Kier alpha value is -4.52. The van der Waals surface area contributed by atoms with E-state index in [0.717, 1.165) is 22.3 Å². The minimum absolute atomic E-state index is 0.242. The summed E-state index contributed by atoms with van der Waals surface area (Å²) >= 11 is 0. The lowest BCUT2D eigenvalue weighted by molar-refractivity contribution is 0.102. The smallest absolute Gasteiger partial charge is 0.256 e. The van der Waals surface area contributed by atoms with Gasteiger partial charge in [0.05, 0.1) is 41.5 Å². The molecule has 5 rings (SSSR count). The van der Waals surface area contributed by atoms with Crippen LogP contribution in [0.3, 0.4) is 0 Å². The Morgan fingerprint density at radius 2 is 1.74 bits per heavy atom. The quantitative estimate of drug-likeness (QED) is 0.366. The minimum Gasteiger partial charge on any atom is -0.497 e. The van der Waals surface area contributed by atoms with Crippen molar-refractivity contribution in [2.75, 3.05) is 12.4 Å². The summed E-state index contributed by atoms with van der Waals surface area (Å²) in [5, 5.41) is 8.18. The molecule has 0 atom stereocenters. The van der Waals surface area contributed by atoms with Crippen LogP contribution < -0.4 is 10.1 Å². The van der Waals surface area contributed by atoms with E-state index in [2.05, 4.69) is 10.4 Å². The van der Waals surface area contributed by atoms with E-state index in [1.54, 1.807) is 60.5 Å². The van der Waals surface area contributed by atoms with E-state index in [1.165, 1.54) is 12.1 Å². The Labute approximate surface area is 195 Å². The monoisotopic (exact) mass is 452 g/mol. The van der Waals surface area contributed by atoms with Crippen molar-refractivity contribution >= 4 is 22.5 Å². The highest BCUT2D eigenvalue weighted by Gasteiger charge is 2.17. The van der Waals surface area contributed by atoms with E-state index in [9.17, 15) is 9.18 Å². The number of hydrogen-bond donors (Lipinski definition) is 1. The fourth-order valence-corrected chi connectivity index (χ4v) is 3.88. The third-order valence-corrected chi connectivity index (χ3v) is 5.67. The van der Waals surface area contributed by atoms with Crippen LogP contribution in [0, 0.1) is 12.7 Å². The van der Waals surface area contributed by atoms with Crippen LogP contribution in [0.15, 0.2) is 85.1 Å². The summed E-state index contributed by atoms with van der Waals surface area (Å²) in [5.41, 5.74) is 4.85. The number of methoxy groups -OCH3 is 1. The molecule has 2 aromatic heterocycles. The molecule has 0 saturated carbocycles. The van der Waals surface area contributed by atoms with Gasteiger partial charge in [-0.15, -0.1) is 0 Å². The second-order valence-electron chi connectivity index (χ2n) is 7.79. The van der Waals surface area contributed by atoms with Crippen molar-refractivity contribution in [3.05, 3.63) is 102 Å². The SMILES string of the molecule is COc1ccc(NC(=O)c2cc(-c3cnn(-c4ccc(F)cc4)c3C)nc3ccccc23)cc1. The Morgan fingerprint density at radius 3 is 2.47 bits per heavy atom. The third-order valence-electron chi connectivity index (χ3n) is 5.67. The Bertz CT molecular complexity index is 1490. The second kappa shape index (κ2) is 8.78. The van der Waals surface area contributed by atoms with Crippen molar-refractivity contribution < 1.29 is 13.9 Å². The largest absolute Gasteiger partial charge is 0.497 e. The molecule has 0 spiro atoms. The standard InChI is InChI=1S/C27H21FN4O2/c1-17-24(16-29-32(17)20-11-7-18(28)8-12-20)26-15-23(22-5-3-4-6-25(22)31-26)27(33)30-19-9-13-21(34-2)14-10-19/h3-16H,1-2H3,(H,30,33). The maximum Gasteiger partial charge on any atom is 0.256 e. The summed E-state index contributed by atoms with van der Waals surface area (Å²) < 4.78 is 20.3. The molecule has 0 radical (unpaired) electrons. The van der Waals surface area contributed by atoms with Crippen molar-refractivity contribution in [1.29, 1.82) is 0 Å². The molecule has 0 saturated heterocycles. The van der Waals surface area contributed by atoms with Crippen molar-refractivity contribution in [1.82, 2.24) is 14.8 Å². The topological polar surface area (TPSA) is 69.0 Å². The Kier molecular flexibility index (Phi) is 5.51. The number of pyridine rings is 1. The molecule has 34 heavy (non-hydrogen) atoms. The molecule has 6 nitrogen and oxygen atoms in total. The molecule has 7 heteroatoms. The van der Waals surface area contributed by atoms with Crippen molar-refractivity contribution in [3.8, 4) is 22.7 Å². The maximum atomic E-state index is 13.4. The average molecular weight is 452 g/mol. The van der Waals surface area contributed by atoms with Crippen LogP contribution in [-0.2, 0) is 0 Å². The predicted octanol–water partition coefficient (Wildman–Crippen LogP) is 5.80. The van der Waals surface area contributed by atoms with Crippen LogP contribution in [-0.4, -0.2) is 27.8 Å². The first-order valence-corrected chi connectivity index (χ1v) is 10.7. The number of aromatic nitrogens is 3. The van der Waals surface area contributed by atoms with Gasteiger partial charge in [-0.2, -0.15) is 5.10 Å². The van der Waals surface area contributed by atoms with Crippen molar-refractivity contribution in [2.45, 2.75) is 6.92 Å². The number of fused-ring (bicyclic) bond motifs is 1. The summed E-state index contributed by atoms with van der Waals surface area (Å²) in [6.07, 6.45) is 1.71. The molecule has 2 heterocycles. The molecule has 3 aromatic carbocycles. The molecule has 168 valence electrons. The summed E-state index contributed by atoms with van der Waals surface area (Å²) in [7, 11) is 1.60. The highest BCUT2D eigenvalue weighted by atomic mass is 19.1. The van der Waals surface area contributed by atoms with E-state index < -0.39 is 0 Å². The van der Waals surface area contributed by atoms with E-state index in [4.69, 9.17) is 9.72 Å². The normalized spacial score (nSPS) is 10.9. The van der Waals surface area contributed by atoms with Crippen LogP contribution in [0.25, 0.3) is 27.8 Å². The van der Waals surface area contributed by atoms with Gasteiger partial charge >= 0.3 is 0 Å². The zero-order chi connectivity index (χ0) is 23.7. The first kappa shape index (κ1) is 21.3. The number of rotatable bonds is 5. The predicted molar refractivity (Wildman–Crippen MR) is 130 cm³/mol. The average Bonchev–Trinajstić information content (AvgIpc) is 3.25. The number of halogens is 1. The number of para-hydroxylation sites is 1. The molecule has 0 bridgehead atoms. The van der Waals surface area contributed by atoms with Crippen molar-refractivity contribution in [3.63, 3.8) is 0 Å². The van der Waals surface area contributed by atoms with Gasteiger partial charge in [0.2, 0.25) is 0 Å². The fraction of sp³-hybridized carbons (Fsp3) is 0.0741. The number of nitrogens with zero attached hydrogens (tertiary/aromatic N) is 3. The fourth-order valence-electron chi connectivity index (χ4n) is 3.88. The zero-order valence-corrected chi connectivity index (χ0v) is 18.6. The first-order chi connectivity index (χ1) is 16.5. The number of carbonyl (C=O) groups is 1. The van der Waals surface area contributed by atoms with Crippen LogP contribution >= 0.6 is 0 Å². The van der Waals surface area contributed by atoms with E-state index >= 15 is 0 Å². The highest BCUT2D eigenvalue weighted by molar-refractivity contribution is 6.13. The molecule has 0 fully saturated rings. The Morgan fingerprint density at radius 1 is 1.00 bits per heavy atom. The molecule has 0 unspecified atom stereocenters. The van der Waals surface area contributed by atoms with Gasteiger partial charge in [0, 0.05) is 16.6 Å². The summed E-state index contributed by atoms with van der Waals surface area (Å²) in [5.74, 6) is 0.161. The maximum absolute atomic E-state index is 13.4. The molecule has 0 aliphatic rings. The van der Waals surface area contributed by atoms with Gasteiger partial charge in [-0.05, 0) is 67.6 Å². The lowest BCUT2D eigenvalue weighted by Crippen LogP contribution is -2.13. The number of ether oxygens (including phenoxy) is 1. The molecule has 1 amide bonds. The van der Waals surface area contributed by atoms with Crippen LogP contribution in [0.5, 0.6) is 5.75 Å². The first-order valence-electron chi connectivity index (χ1n) is 10.7. The number of hydrogen-bond acceptors (Lipinski definition) is 4. The molecule has 0 aliphatic carbocycles. The lowest BCUT2D eigenvalue weighted by atomic mass is 10.0. The summed E-state index contributed by atoms with van der Waals surface area (Å²) in [4.78, 5) is 18.1. The number of amides is 1. The van der Waals surface area contributed by atoms with Gasteiger partial charge in [0.15, 0.2) is 0 Å². The van der Waals surface area contributed by atoms with Crippen LogP contribution in [0.1, 0.15) is 16.1 Å². The lowest BCUT2D eigenvalue weighted by Gasteiger charge is -2.11. The van der Waals surface area contributed by atoms with Gasteiger partial charge < -0.3 is 10.1 Å². The second-order valence-corrected chi connectivity index (χ2v) is 7.79. The van der Waals surface area contributed by atoms with Gasteiger partial charge in [0.1, 0.15) is 11.6 Å². The molecule has 0 aliphatic heterocycles. The summed E-state index contributed by atoms with van der Waals surface area (Å²) in [6.45, 7) is 1.92. The minimum atomic E-state index is -0.308. The number of nitrogens with one attached hydrogen (secondary N) is 1. The van der Waals surface area contributed by atoms with E-state index in [-0.39, 0.29) is 11.7 Å². The van der Waals surface area contributed by atoms with Gasteiger partial charge in [-0.1, -0.05) is 18.2 Å². The van der Waals surface area contributed by atoms with Gasteiger partial charge in [0.25, 0.3) is 5.91 Å². The Balaban J connectivity index is 1.56. The summed E-state index contributed by atoms with van der Waals surface area (Å²) in [6, 6.07) is 22.6. The number of benzene rings is 3.